The van der Waals surface area contributed by atoms with Gasteiger partial charge in [-0.25, -0.2) is 0 Å². The molecule has 0 aromatic heterocycles. The molecular weight excluding hydrogens is 139 g/mol. The molecule has 0 saturated carbocycles. The third kappa shape index (κ3) is 1.22. The zero-order valence-electron chi connectivity index (χ0n) is 5.94. The lowest BCUT2D eigenvalue weighted by molar-refractivity contribution is 0.423. The Morgan fingerprint density at radius 3 is 2.18 bits per heavy atom. The molecule has 0 N–H and O–H groups in total. The summed E-state index contributed by atoms with van der Waals surface area (Å²) in [5.74, 6) is 0. The van der Waals surface area contributed by atoms with Crippen LogP contribution in [-0.2, 0) is 9.31 Å². The molecule has 0 aliphatic carbocycles. The Morgan fingerprint density at radius 2 is 1.55 bits per heavy atom. The second-order valence-corrected chi connectivity index (χ2v) is 2.29. The van der Waals surface area contributed by atoms with E-state index in [9.17, 15) is 0 Å². The number of hydrogen-bond acceptors (Lipinski definition) is 2. The third-order valence-electron chi connectivity index (χ3n) is 1.53. The van der Waals surface area contributed by atoms with Gasteiger partial charge in [0.05, 0.1) is 12.5 Å². The molecule has 0 amide bonds. The van der Waals surface area contributed by atoms with Gasteiger partial charge in [0.1, 0.15) is 0 Å². The minimum atomic E-state index is -0.240. The van der Waals surface area contributed by atoms with Crippen molar-refractivity contribution in [2.24, 2.45) is 0 Å². The Kier molecular flexibility index (Phi) is 1.56. The largest absolute Gasteiger partial charge is 0.631 e. The second-order valence-electron chi connectivity index (χ2n) is 2.29. The molecule has 1 aromatic rings. The first-order valence-electron chi connectivity index (χ1n) is 3.48. The van der Waals surface area contributed by atoms with Gasteiger partial charge in [-0.15, -0.1) is 0 Å². The minimum Gasteiger partial charge on any atom is -0.525 e. The maximum atomic E-state index is 5.14. The average molecular weight is 146 g/mol. The Bertz CT molecular complexity index is 250. The van der Waals surface area contributed by atoms with Crippen molar-refractivity contribution in [3.05, 3.63) is 42.9 Å². The zero-order valence-corrected chi connectivity index (χ0v) is 5.94. The molecule has 0 saturated heterocycles. The Hall–Kier alpha value is -1.38. The highest BCUT2D eigenvalue weighted by Crippen LogP contribution is 2.00. The van der Waals surface area contributed by atoms with Crippen LogP contribution in [0, 0.1) is 0 Å². The van der Waals surface area contributed by atoms with E-state index in [0.717, 1.165) is 5.46 Å². The number of rotatable bonds is 1. The molecular formula is C8H7BO2. The zero-order chi connectivity index (χ0) is 7.52. The molecule has 2 rings (SSSR count). The average Bonchev–Trinajstić information content (AvgIpc) is 2.58. The van der Waals surface area contributed by atoms with Gasteiger partial charge in [0.2, 0.25) is 0 Å². The van der Waals surface area contributed by atoms with Gasteiger partial charge in [-0.3, -0.25) is 0 Å². The summed E-state index contributed by atoms with van der Waals surface area (Å²) in [6, 6.07) is 9.82. The number of benzene rings is 1. The highest BCUT2D eigenvalue weighted by atomic mass is 16.6. The van der Waals surface area contributed by atoms with Crippen molar-refractivity contribution in [3.8, 4) is 0 Å². The summed E-state index contributed by atoms with van der Waals surface area (Å²) in [5, 5.41) is 0. The summed E-state index contributed by atoms with van der Waals surface area (Å²) in [6.45, 7) is 0. The topological polar surface area (TPSA) is 18.5 Å². The van der Waals surface area contributed by atoms with E-state index in [2.05, 4.69) is 0 Å². The van der Waals surface area contributed by atoms with Gasteiger partial charge in [-0.05, 0) is 0 Å². The van der Waals surface area contributed by atoms with Crippen LogP contribution < -0.4 is 5.46 Å². The standard InChI is InChI=1S/C8H7BO2/c1-2-4-8(5-3-1)9-10-6-7-11-9/h1-7H. The van der Waals surface area contributed by atoms with Gasteiger partial charge < -0.3 is 9.31 Å². The Balaban J connectivity index is 2.17. The molecule has 0 fully saturated rings. The van der Waals surface area contributed by atoms with Crippen molar-refractivity contribution >= 4 is 12.6 Å². The molecule has 0 unspecified atom stereocenters. The van der Waals surface area contributed by atoms with Gasteiger partial charge in [-0.2, -0.15) is 0 Å². The van der Waals surface area contributed by atoms with Gasteiger partial charge in [-0.1, -0.05) is 30.3 Å². The van der Waals surface area contributed by atoms with Crippen LogP contribution in [0.3, 0.4) is 0 Å². The van der Waals surface area contributed by atoms with E-state index >= 15 is 0 Å². The van der Waals surface area contributed by atoms with Crippen LogP contribution in [0.25, 0.3) is 0 Å². The van der Waals surface area contributed by atoms with Crippen molar-refractivity contribution < 1.29 is 9.31 Å². The summed E-state index contributed by atoms with van der Waals surface area (Å²) < 4.78 is 10.3. The molecule has 11 heavy (non-hydrogen) atoms. The molecule has 54 valence electrons. The molecule has 1 heterocycles. The van der Waals surface area contributed by atoms with Crippen LogP contribution in [0.2, 0.25) is 0 Å². The van der Waals surface area contributed by atoms with Crippen molar-refractivity contribution in [2.75, 3.05) is 0 Å². The van der Waals surface area contributed by atoms with Crippen molar-refractivity contribution in [3.63, 3.8) is 0 Å². The van der Waals surface area contributed by atoms with Crippen LogP contribution in [-0.4, -0.2) is 7.12 Å². The first-order chi connectivity index (χ1) is 5.47. The number of hydrogen-bond donors (Lipinski definition) is 0. The molecule has 0 atom stereocenters. The quantitative estimate of drug-likeness (QED) is 0.548. The Morgan fingerprint density at radius 1 is 0.909 bits per heavy atom. The van der Waals surface area contributed by atoms with Crippen LogP contribution in [0.1, 0.15) is 0 Å². The minimum absolute atomic E-state index is 0.240. The SMILES string of the molecule is C1=COB(c2ccccc2)O1. The molecule has 0 spiro atoms. The van der Waals surface area contributed by atoms with Gasteiger partial charge in [0.25, 0.3) is 0 Å². The second kappa shape index (κ2) is 2.70. The summed E-state index contributed by atoms with van der Waals surface area (Å²) in [4.78, 5) is 0. The van der Waals surface area contributed by atoms with Crippen LogP contribution >= 0.6 is 0 Å². The highest BCUT2D eigenvalue weighted by molar-refractivity contribution is 6.62. The van der Waals surface area contributed by atoms with E-state index in [1.54, 1.807) is 12.5 Å². The van der Waals surface area contributed by atoms with E-state index in [4.69, 9.17) is 9.31 Å². The first kappa shape index (κ1) is 6.34. The molecule has 1 aliphatic heterocycles. The van der Waals surface area contributed by atoms with E-state index in [1.165, 1.54) is 0 Å². The van der Waals surface area contributed by atoms with Gasteiger partial charge >= 0.3 is 7.12 Å². The smallest absolute Gasteiger partial charge is 0.525 e. The Labute approximate surface area is 65.6 Å². The fourth-order valence-corrected chi connectivity index (χ4v) is 1.01. The van der Waals surface area contributed by atoms with E-state index in [0.29, 0.717) is 0 Å². The predicted octanol–water partition coefficient (Wildman–Crippen LogP) is 0.900. The first-order valence-corrected chi connectivity index (χ1v) is 3.48. The molecule has 1 aromatic carbocycles. The third-order valence-corrected chi connectivity index (χ3v) is 1.53. The molecule has 0 radical (unpaired) electrons. The van der Waals surface area contributed by atoms with Gasteiger partial charge in [0, 0.05) is 5.46 Å². The van der Waals surface area contributed by atoms with Crippen molar-refractivity contribution in [2.45, 2.75) is 0 Å². The lowest BCUT2D eigenvalue weighted by Crippen LogP contribution is -2.30. The molecule has 3 heteroatoms. The van der Waals surface area contributed by atoms with Crippen molar-refractivity contribution in [1.29, 1.82) is 0 Å². The molecule has 0 bridgehead atoms. The maximum Gasteiger partial charge on any atom is 0.631 e. The lowest BCUT2D eigenvalue weighted by atomic mass is 9.80. The van der Waals surface area contributed by atoms with Crippen LogP contribution in [0.15, 0.2) is 42.9 Å². The molecule has 2 nitrogen and oxygen atoms in total. The van der Waals surface area contributed by atoms with Crippen LogP contribution in [0.4, 0.5) is 0 Å². The fourth-order valence-electron chi connectivity index (χ4n) is 1.01. The summed E-state index contributed by atoms with van der Waals surface area (Å²) in [5.41, 5.74) is 1.04. The maximum absolute atomic E-state index is 5.14. The fraction of sp³-hybridized carbons (Fsp3) is 0. The highest BCUT2D eigenvalue weighted by Gasteiger charge is 2.25. The van der Waals surface area contributed by atoms with Crippen LogP contribution in [0.5, 0.6) is 0 Å². The summed E-state index contributed by atoms with van der Waals surface area (Å²) in [6.07, 6.45) is 3.11. The van der Waals surface area contributed by atoms with Crippen molar-refractivity contribution in [1.82, 2.24) is 0 Å². The summed E-state index contributed by atoms with van der Waals surface area (Å²) >= 11 is 0. The predicted molar refractivity (Wildman–Crippen MR) is 43.1 cm³/mol. The van der Waals surface area contributed by atoms with Gasteiger partial charge in [0.15, 0.2) is 0 Å². The van der Waals surface area contributed by atoms with E-state index < -0.39 is 0 Å². The lowest BCUT2D eigenvalue weighted by Gasteiger charge is -2.02. The normalized spacial score (nSPS) is 14.4. The molecule has 1 aliphatic rings. The van der Waals surface area contributed by atoms with E-state index in [1.807, 2.05) is 30.3 Å². The monoisotopic (exact) mass is 146 g/mol. The van der Waals surface area contributed by atoms with E-state index in [-0.39, 0.29) is 7.12 Å². The summed E-state index contributed by atoms with van der Waals surface area (Å²) in [7, 11) is -0.240.